The number of nitrogens with one attached hydrogen (secondary N) is 1. The molecule has 0 radical (unpaired) electrons. The Kier molecular flexibility index (Phi) is 7.02. The van der Waals surface area contributed by atoms with Gasteiger partial charge >= 0.3 is 5.97 Å². The lowest BCUT2D eigenvalue weighted by molar-refractivity contribution is -0.151. The maximum atomic E-state index is 13.3. The van der Waals surface area contributed by atoms with Crippen LogP contribution in [0.2, 0.25) is 0 Å². The van der Waals surface area contributed by atoms with E-state index < -0.39 is 0 Å². The first-order valence-electron chi connectivity index (χ1n) is 13.0. The summed E-state index contributed by atoms with van der Waals surface area (Å²) >= 11 is 0. The molecule has 0 aliphatic heterocycles. The van der Waals surface area contributed by atoms with Crippen molar-refractivity contribution in [3.8, 4) is 0 Å². The van der Waals surface area contributed by atoms with Crippen LogP contribution >= 0.6 is 0 Å². The second-order valence-corrected chi connectivity index (χ2v) is 10.1. The minimum absolute atomic E-state index is 0.155. The minimum atomic E-state index is -0.247. The van der Waals surface area contributed by atoms with Gasteiger partial charge in [-0.25, -0.2) is 4.39 Å². The van der Waals surface area contributed by atoms with Crippen molar-refractivity contribution in [3.63, 3.8) is 0 Å². The Balaban J connectivity index is 1.32. The van der Waals surface area contributed by atoms with E-state index in [-0.39, 0.29) is 29.7 Å². The van der Waals surface area contributed by atoms with Crippen molar-refractivity contribution in [1.29, 1.82) is 0 Å². The zero-order chi connectivity index (χ0) is 24.4. The topological polar surface area (TPSA) is 73.2 Å². The summed E-state index contributed by atoms with van der Waals surface area (Å²) < 4.78 is 20.7. The fourth-order valence-corrected chi connectivity index (χ4v) is 6.35. The van der Waals surface area contributed by atoms with Crippen molar-refractivity contribution in [2.24, 2.45) is 17.8 Å². The van der Waals surface area contributed by atoms with E-state index in [1.54, 1.807) is 18.2 Å². The average Bonchev–Trinajstić information content (AvgIpc) is 3.47. The predicted octanol–water partition coefficient (Wildman–Crippen LogP) is 4.45. The molecule has 1 amide bonds. The first-order valence-corrected chi connectivity index (χ1v) is 13.0. The molecule has 7 heteroatoms. The molecule has 6 nitrogen and oxygen atoms in total. The number of amides is 1. The predicted molar refractivity (Wildman–Crippen MR) is 131 cm³/mol. The summed E-state index contributed by atoms with van der Waals surface area (Å²) in [6.07, 6.45) is 11.7. The summed E-state index contributed by atoms with van der Waals surface area (Å²) in [5.41, 5.74) is 4.24. The molecule has 5 rings (SSSR count). The van der Waals surface area contributed by atoms with Crippen LogP contribution in [0.4, 0.5) is 4.39 Å². The van der Waals surface area contributed by atoms with Crippen LogP contribution in [0.15, 0.2) is 30.3 Å². The molecular formula is C28H34FN3O3. The summed E-state index contributed by atoms with van der Waals surface area (Å²) in [6, 6.07) is 6.37. The smallest absolute Gasteiger partial charge is 0.311 e. The number of ether oxygens (including phenoxy) is 1. The van der Waals surface area contributed by atoms with E-state index in [4.69, 9.17) is 9.84 Å². The number of aromatic nitrogens is 2. The van der Waals surface area contributed by atoms with Gasteiger partial charge in [-0.15, -0.1) is 0 Å². The second-order valence-electron chi connectivity index (χ2n) is 10.1. The van der Waals surface area contributed by atoms with Gasteiger partial charge in [-0.05, 0) is 87.5 Å². The van der Waals surface area contributed by atoms with Crippen molar-refractivity contribution in [3.05, 3.63) is 58.7 Å². The normalized spacial score (nSPS) is 25.4. The lowest BCUT2D eigenvalue weighted by atomic mass is 9.84. The van der Waals surface area contributed by atoms with Gasteiger partial charge in [-0.3, -0.25) is 14.3 Å². The molecule has 0 spiro atoms. The summed E-state index contributed by atoms with van der Waals surface area (Å²) in [6.45, 7) is 2.76. The van der Waals surface area contributed by atoms with Crippen molar-refractivity contribution >= 4 is 18.0 Å². The lowest BCUT2D eigenvalue weighted by Gasteiger charge is -2.29. The fraction of sp³-hybridized carbons (Fsp3) is 0.536. The van der Waals surface area contributed by atoms with Crippen molar-refractivity contribution in [1.82, 2.24) is 15.1 Å². The van der Waals surface area contributed by atoms with E-state index in [2.05, 4.69) is 5.32 Å². The maximum Gasteiger partial charge on any atom is 0.311 e. The number of hydrogen-bond donors (Lipinski definition) is 1. The van der Waals surface area contributed by atoms with Gasteiger partial charge in [0.15, 0.2) is 0 Å². The highest BCUT2D eigenvalue weighted by molar-refractivity contribution is 5.92. The number of fused-ring (bicyclic) bond motifs is 3. The van der Waals surface area contributed by atoms with Crippen LogP contribution in [0.5, 0.6) is 0 Å². The van der Waals surface area contributed by atoms with Gasteiger partial charge in [0.05, 0.1) is 24.8 Å². The number of nitrogens with zero attached hydrogens (tertiary/aromatic N) is 2. The number of esters is 1. The third-order valence-electron chi connectivity index (χ3n) is 7.96. The van der Waals surface area contributed by atoms with Gasteiger partial charge in [0, 0.05) is 23.4 Å². The molecule has 0 saturated heterocycles. The van der Waals surface area contributed by atoms with Gasteiger partial charge in [0.2, 0.25) is 5.91 Å². The number of benzene rings is 1. The quantitative estimate of drug-likeness (QED) is 0.362. The van der Waals surface area contributed by atoms with Crippen LogP contribution < -0.4 is 5.32 Å². The molecular weight excluding hydrogens is 445 g/mol. The highest BCUT2D eigenvalue weighted by Gasteiger charge is 2.52. The van der Waals surface area contributed by atoms with Gasteiger partial charge in [-0.1, -0.05) is 18.6 Å². The summed E-state index contributed by atoms with van der Waals surface area (Å²) in [7, 11) is 0. The standard InChI is InChI=1S/C28H34FN3O3/c1-2-35-28(34)26-19-10-11-20(16-19)27(26)30-25(33)15-14-23-22-6-4-3-5-7-24(22)32(31-23)17-18-8-12-21(29)13-9-18/h8-9,12-15,19-20,26-27H,2-7,10-11,16-17H2,1H3,(H,30,33)/b15-14+/t19?,20?,26-,27+/m0/s1. The molecule has 186 valence electrons. The Bertz CT molecular complexity index is 1110. The van der Waals surface area contributed by atoms with Gasteiger partial charge < -0.3 is 10.1 Å². The first kappa shape index (κ1) is 23.8. The highest BCUT2D eigenvalue weighted by Crippen LogP contribution is 2.49. The third-order valence-corrected chi connectivity index (χ3v) is 7.96. The Morgan fingerprint density at radius 3 is 2.71 bits per heavy atom. The Morgan fingerprint density at radius 2 is 1.91 bits per heavy atom. The van der Waals surface area contributed by atoms with Crippen LogP contribution in [0.25, 0.3) is 6.08 Å². The molecule has 3 aliphatic rings. The second kappa shape index (κ2) is 10.3. The first-order chi connectivity index (χ1) is 17.0. The summed E-state index contributed by atoms with van der Waals surface area (Å²) in [5, 5.41) is 7.96. The summed E-state index contributed by atoms with van der Waals surface area (Å²) in [4.78, 5) is 25.5. The van der Waals surface area contributed by atoms with Gasteiger partial charge in [0.25, 0.3) is 0 Å². The SMILES string of the molecule is CCOC(=O)[C@H]1C2CCC(C2)[C@H]1NC(=O)/C=C/c1nn(Cc2ccc(F)cc2)c2c1CCCCC2. The Hall–Kier alpha value is -2.96. The van der Waals surface area contributed by atoms with Gasteiger partial charge in [-0.2, -0.15) is 5.10 Å². The fourth-order valence-electron chi connectivity index (χ4n) is 6.35. The molecule has 2 saturated carbocycles. The van der Waals surface area contributed by atoms with Crippen molar-refractivity contribution in [2.75, 3.05) is 6.61 Å². The van der Waals surface area contributed by atoms with Gasteiger partial charge in [0.1, 0.15) is 5.82 Å². The minimum Gasteiger partial charge on any atom is -0.466 e. The van der Waals surface area contributed by atoms with E-state index in [1.165, 1.54) is 29.8 Å². The lowest BCUT2D eigenvalue weighted by Crippen LogP contribution is -2.46. The van der Waals surface area contributed by atoms with Crippen molar-refractivity contribution < 1.29 is 18.7 Å². The van der Waals surface area contributed by atoms with Crippen LogP contribution in [-0.2, 0) is 33.7 Å². The van der Waals surface area contributed by atoms with Crippen LogP contribution in [0.3, 0.4) is 0 Å². The Labute approximate surface area is 205 Å². The molecule has 2 unspecified atom stereocenters. The molecule has 3 aliphatic carbocycles. The molecule has 1 heterocycles. The largest absolute Gasteiger partial charge is 0.466 e. The number of carbonyl (C=O) groups excluding carboxylic acids is 2. The number of halogens is 1. The zero-order valence-corrected chi connectivity index (χ0v) is 20.3. The molecule has 4 atom stereocenters. The molecule has 2 bridgehead atoms. The molecule has 1 aromatic heterocycles. The number of rotatable bonds is 7. The molecule has 1 aromatic carbocycles. The van der Waals surface area contributed by atoms with E-state index in [0.29, 0.717) is 25.0 Å². The average molecular weight is 480 g/mol. The molecule has 2 aromatic rings. The maximum absolute atomic E-state index is 13.3. The van der Waals surface area contributed by atoms with E-state index in [0.717, 1.165) is 56.2 Å². The van der Waals surface area contributed by atoms with Crippen LogP contribution in [0.1, 0.15) is 68.0 Å². The van der Waals surface area contributed by atoms with Crippen molar-refractivity contribution in [2.45, 2.75) is 70.9 Å². The number of hydrogen-bond acceptors (Lipinski definition) is 4. The Morgan fingerprint density at radius 1 is 1.14 bits per heavy atom. The molecule has 2 fully saturated rings. The number of carbonyl (C=O) groups is 2. The zero-order valence-electron chi connectivity index (χ0n) is 20.3. The molecule has 35 heavy (non-hydrogen) atoms. The monoisotopic (exact) mass is 479 g/mol. The van der Waals surface area contributed by atoms with E-state index >= 15 is 0 Å². The highest BCUT2D eigenvalue weighted by atomic mass is 19.1. The van der Waals surface area contributed by atoms with Crippen LogP contribution in [-0.4, -0.2) is 34.3 Å². The van der Waals surface area contributed by atoms with E-state index in [9.17, 15) is 14.0 Å². The van der Waals surface area contributed by atoms with Crippen LogP contribution in [0, 0.1) is 23.6 Å². The third kappa shape index (κ3) is 5.04. The van der Waals surface area contributed by atoms with E-state index in [1.807, 2.05) is 17.7 Å². The molecule has 1 N–H and O–H groups in total. The summed E-state index contributed by atoms with van der Waals surface area (Å²) in [5.74, 6) is -0.198.